The van der Waals surface area contributed by atoms with E-state index in [2.05, 4.69) is 53.6 Å². The van der Waals surface area contributed by atoms with Crippen molar-refractivity contribution in [3.05, 3.63) is 60.3 Å². The van der Waals surface area contributed by atoms with E-state index >= 15 is 0 Å². The Labute approximate surface area is 125 Å². The molecule has 0 radical (unpaired) electrons. The minimum absolute atomic E-state index is 0.298. The molecule has 3 rings (SSSR count). The van der Waals surface area contributed by atoms with Crippen molar-refractivity contribution in [3.8, 4) is 5.75 Å². The molecule has 0 aliphatic rings. The molecular formula is C18H20N2O. The molecule has 1 aromatic heterocycles. The molecule has 0 aliphatic heterocycles. The van der Waals surface area contributed by atoms with E-state index in [1.807, 2.05) is 18.3 Å². The Kier molecular flexibility index (Phi) is 3.82. The number of nitrogens with one attached hydrogen (secondary N) is 2. The molecule has 3 aromatic rings. The molecule has 2 aromatic carbocycles. The highest BCUT2D eigenvalue weighted by Gasteiger charge is 2.09. The van der Waals surface area contributed by atoms with E-state index < -0.39 is 0 Å². The lowest BCUT2D eigenvalue weighted by Gasteiger charge is -2.19. The highest BCUT2D eigenvalue weighted by Crippen LogP contribution is 2.26. The average molecular weight is 280 g/mol. The molecule has 108 valence electrons. The SMILES string of the molecule is CCC(Nc1ccc2[nH]ccc2c1)c1ccc(OC)cc1. The first-order chi connectivity index (χ1) is 10.3. The quantitative estimate of drug-likeness (QED) is 0.708. The Morgan fingerprint density at radius 3 is 2.62 bits per heavy atom. The van der Waals surface area contributed by atoms with Crippen molar-refractivity contribution in [1.82, 2.24) is 4.98 Å². The summed E-state index contributed by atoms with van der Waals surface area (Å²) in [6.45, 7) is 2.19. The van der Waals surface area contributed by atoms with E-state index in [0.29, 0.717) is 6.04 Å². The second-order valence-electron chi connectivity index (χ2n) is 5.16. The normalized spacial score (nSPS) is 12.3. The lowest BCUT2D eigenvalue weighted by molar-refractivity contribution is 0.414. The summed E-state index contributed by atoms with van der Waals surface area (Å²) < 4.78 is 5.22. The van der Waals surface area contributed by atoms with Crippen LogP contribution in [0.4, 0.5) is 5.69 Å². The van der Waals surface area contributed by atoms with E-state index in [9.17, 15) is 0 Å². The molecule has 0 aliphatic carbocycles. The molecule has 0 saturated heterocycles. The maximum Gasteiger partial charge on any atom is 0.118 e. The molecule has 0 spiro atoms. The van der Waals surface area contributed by atoms with Crippen molar-refractivity contribution >= 4 is 16.6 Å². The number of hydrogen-bond acceptors (Lipinski definition) is 2. The summed E-state index contributed by atoms with van der Waals surface area (Å²) in [5.41, 5.74) is 3.58. The summed E-state index contributed by atoms with van der Waals surface area (Å²) in [6, 6.07) is 17.1. The zero-order valence-corrected chi connectivity index (χ0v) is 12.4. The summed E-state index contributed by atoms with van der Waals surface area (Å²) in [5.74, 6) is 0.891. The fourth-order valence-corrected chi connectivity index (χ4v) is 2.60. The molecule has 21 heavy (non-hydrogen) atoms. The Balaban J connectivity index is 1.82. The fraction of sp³-hybridized carbons (Fsp3) is 0.222. The Bertz CT molecular complexity index is 715. The molecule has 0 amide bonds. The van der Waals surface area contributed by atoms with Gasteiger partial charge in [0.2, 0.25) is 0 Å². The largest absolute Gasteiger partial charge is 0.497 e. The Morgan fingerprint density at radius 1 is 1.10 bits per heavy atom. The van der Waals surface area contributed by atoms with Gasteiger partial charge in [-0.3, -0.25) is 0 Å². The van der Waals surface area contributed by atoms with Crippen molar-refractivity contribution < 1.29 is 4.74 Å². The molecule has 0 saturated carbocycles. The number of H-pyrrole nitrogens is 1. The van der Waals surface area contributed by atoms with E-state index in [-0.39, 0.29) is 0 Å². The number of aromatic nitrogens is 1. The first-order valence-corrected chi connectivity index (χ1v) is 7.28. The number of fused-ring (bicyclic) bond motifs is 1. The van der Waals surface area contributed by atoms with Crippen LogP contribution in [0.5, 0.6) is 5.75 Å². The van der Waals surface area contributed by atoms with Gasteiger partial charge in [0.1, 0.15) is 5.75 Å². The van der Waals surface area contributed by atoms with Crippen LogP contribution in [0.2, 0.25) is 0 Å². The number of ether oxygens (including phenoxy) is 1. The van der Waals surface area contributed by atoms with Crippen LogP contribution < -0.4 is 10.1 Å². The van der Waals surface area contributed by atoms with Crippen LogP contribution >= 0.6 is 0 Å². The third-order valence-corrected chi connectivity index (χ3v) is 3.82. The van der Waals surface area contributed by atoms with Crippen LogP contribution in [-0.2, 0) is 0 Å². The third-order valence-electron chi connectivity index (χ3n) is 3.82. The molecule has 1 heterocycles. The van der Waals surface area contributed by atoms with Gasteiger partial charge in [-0.25, -0.2) is 0 Å². The van der Waals surface area contributed by atoms with Gasteiger partial charge in [-0.1, -0.05) is 19.1 Å². The number of aromatic amines is 1. The second kappa shape index (κ2) is 5.92. The third kappa shape index (κ3) is 2.87. The summed E-state index contributed by atoms with van der Waals surface area (Å²) >= 11 is 0. The maximum absolute atomic E-state index is 5.22. The van der Waals surface area contributed by atoms with E-state index in [0.717, 1.165) is 23.4 Å². The first-order valence-electron chi connectivity index (χ1n) is 7.28. The fourth-order valence-electron chi connectivity index (χ4n) is 2.60. The lowest BCUT2D eigenvalue weighted by atomic mass is 10.0. The smallest absolute Gasteiger partial charge is 0.118 e. The number of rotatable bonds is 5. The number of hydrogen-bond donors (Lipinski definition) is 2. The predicted octanol–water partition coefficient (Wildman–Crippen LogP) is 4.74. The zero-order valence-electron chi connectivity index (χ0n) is 12.4. The highest BCUT2D eigenvalue weighted by atomic mass is 16.5. The van der Waals surface area contributed by atoms with Crippen LogP contribution in [0, 0.1) is 0 Å². The van der Waals surface area contributed by atoms with Crippen molar-refractivity contribution in [2.24, 2.45) is 0 Å². The van der Waals surface area contributed by atoms with Gasteiger partial charge in [-0.15, -0.1) is 0 Å². The van der Waals surface area contributed by atoms with E-state index in [4.69, 9.17) is 4.74 Å². The molecule has 3 nitrogen and oxygen atoms in total. The van der Waals surface area contributed by atoms with Gasteiger partial charge in [0.15, 0.2) is 0 Å². The van der Waals surface area contributed by atoms with Gasteiger partial charge in [-0.05, 0) is 48.4 Å². The lowest BCUT2D eigenvalue weighted by Crippen LogP contribution is -2.09. The monoisotopic (exact) mass is 280 g/mol. The standard InChI is InChI=1S/C18H20N2O/c1-3-17(13-4-7-16(21-2)8-5-13)20-15-6-9-18-14(12-15)10-11-19-18/h4-12,17,19-20H,3H2,1-2H3. The molecule has 0 fully saturated rings. The average Bonchev–Trinajstić information content (AvgIpc) is 3.00. The van der Waals surface area contributed by atoms with Crippen LogP contribution in [0.1, 0.15) is 24.9 Å². The second-order valence-corrected chi connectivity index (χ2v) is 5.16. The minimum Gasteiger partial charge on any atom is -0.497 e. The summed E-state index contributed by atoms with van der Waals surface area (Å²) in [6.07, 6.45) is 2.99. The van der Waals surface area contributed by atoms with Crippen molar-refractivity contribution in [3.63, 3.8) is 0 Å². The predicted molar refractivity (Wildman–Crippen MR) is 87.9 cm³/mol. The van der Waals surface area contributed by atoms with Crippen molar-refractivity contribution in [1.29, 1.82) is 0 Å². The van der Waals surface area contributed by atoms with Gasteiger partial charge in [0.05, 0.1) is 13.2 Å². The Hall–Kier alpha value is -2.42. The van der Waals surface area contributed by atoms with Gasteiger partial charge in [0, 0.05) is 22.8 Å². The van der Waals surface area contributed by atoms with Crippen molar-refractivity contribution in [2.75, 3.05) is 12.4 Å². The number of methoxy groups -OCH3 is 1. The molecular weight excluding hydrogens is 260 g/mol. The van der Waals surface area contributed by atoms with E-state index in [1.165, 1.54) is 10.9 Å². The number of benzene rings is 2. The molecule has 1 atom stereocenters. The molecule has 3 heteroatoms. The summed E-state index contributed by atoms with van der Waals surface area (Å²) in [5, 5.41) is 4.84. The first kappa shape index (κ1) is 13.6. The van der Waals surface area contributed by atoms with Crippen molar-refractivity contribution in [2.45, 2.75) is 19.4 Å². The van der Waals surface area contributed by atoms with Crippen LogP contribution in [0.15, 0.2) is 54.7 Å². The van der Waals surface area contributed by atoms with Gasteiger partial charge in [0.25, 0.3) is 0 Å². The van der Waals surface area contributed by atoms with Crippen LogP contribution in [0.3, 0.4) is 0 Å². The van der Waals surface area contributed by atoms with Crippen LogP contribution in [0.25, 0.3) is 10.9 Å². The highest BCUT2D eigenvalue weighted by molar-refractivity contribution is 5.83. The molecule has 0 bridgehead atoms. The van der Waals surface area contributed by atoms with E-state index in [1.54, 1.807) is 7.11 Å². The zero-order chi connectivity index (χ0) is 14.7. The number of anilines is 1. The molecule has 2 N–H and O–H groups in total. The molecule has 1 unspecified atom stereocenters. The Morgan fingerprint density at radius 2 is 1.90 bits per heavy atom. The summed E-state index contributed by atoms with van der Waals surface area (Å²) in [7, 11) is 1.69. The minimum atomic E-state index is 0.298. The summed E-state index contributed by atoms with van der Waals surface area (Å²) in [4.78, 5) is 3.22. The van der Waals surface area contributed by atoms with Gasteiger partial charge < -0.3 is 15.0 Å². The topological polar surface area (TPSA) is 37.0 Å². The van der Waals surface area contributed by atoms with Crippen LogP contribution in [-0.4, -0.2) is 12.1 Å². The maximum atomic E-state index is 5.22. The van der Waals surface area contributed by atoms with Gasteiger partial charge in [-0.2, -0.15) is 0 Å². The van der Waals surface area contributed by atoms with Gasteiger partial charge >= 0.3 is 0 Å².